The van der Waals surface area contributed by atoms with Crippen molar-refractivity contribution in [1.29, 1.82) is 0 Å². The molecule has 8 nitrogen and oxygen atoms in total. The monoisotopic (exact) mass is 597 g/mol. The van der Waals surface area contributed by atoms with E-state index in [9.17, 15) is 31.5 Å². The van der Waals surface area contributed by atoms with E-state index in [0.29, 0.717) is 31.9 Å². The summed E-state index contributed by atoms with van der Waals surface area (Å²) >= 11 is 12.3. The number of aliphatic hydroxyl groups excluding tert-OH is 1. The SMILES string of the molecule is NC(=O)C(CO)NCc1ccc(C(=O)Nc2cc(Cl)c(Cl)cc2N2CCN(CCC(F)(F)F)CC2)c(F)c1F. The highest BCUT2D eigenvalue weighted by Crippen LogP contribution is 2.36. The van der Waals surface area contributed by atoms with Crippen molar-refractivity contribution in [2.24, 2.45) is 5.73 Å². The number of halogens is 7. The van der Waals surface area contributed by atoms with E-state index in [1.165, 1.54) is 12.1 Å². The fourth-order valence-corrected chi connectivity index (χ4v) is 4.30. The number of nitrogens with two attached hydrogens (primary N) is 1. The molecule has 39 heavy (non-hydrogen) atoms. The van der Waals surface area contributed by atoms with E-state index in [-0.39, 0.29) is 34.4 Å². The number of hydrogen-bond acceptors (Lipinski definition) is 6. The van der Waals surface area contributed by atoms with E-state index in [4.69, 9.17) is 34.0 Å². The molecule has 0 saturated carbocycles. The molecule has 214 valence electrons. The van der Waals surface area contributed by atoms with Crippen LogP contribution >= 0.6 is 23.2 Å². The first kappa shape index (κ1) is 30.8. The van der Waals surface area contributed by atoms with Gasteiger partial charge in [-0.3, -0.25) is 19.8 Å². The lowest BCUT2D eigenvalue weighted by atomic mass is 10.1. The predicted octanol–water partition coefficient (Wildman–Crippen LogP) is 3.53. The zero-order valence-corrected chi connectivity index (χ0v) is 21.9. The number of carbonyl (C=O) groups is 2. The Bertz CT molecular complexity index is 1210. The number of piperazine rings is 1. The summed E-state index contributed by atoms with van der Waals surface area (Å²) < 4.78 is 67.2. The van der Waals surface area contributed by atoms with Crippen molar-refractivity contribution >= 4 is 46.4 Å². The number of benzene rings is 2. The van der Waals surface area contributed by atoms with E-state index >= 15 is 0 Å². The molecule has 15 heteroatoms. The van der Waals surface area contributed by atoms with Crippen LogP contribution in [0.25, 0.3) is 0 Å². The van der Waals surface area contributed by atoms with Crippen LogP contribution in [0.2, 0.25) is 10.0 Å². The first-order valence-corrected chi connectivity index (χ1v) is 12.5. The van der Waals surface area contributed by atoms with E-state index in [1.54, 1.807) is 9.80 Å². The second-order valence-electron chi connectivity index (χ2n) is 8.85. The van der Waals surface area contributed by atoms with Crippen molar-refractivity contribution in [1.82, 2.24) is 10.2 Å². The third-order valence-electron chi connectivity index (χ3n) is 6.18. The number of hydrogen-bond donors (Lipinski definition) is 4. The van der Waals surface area contributed by atoms with E-state index in [2.05, 4.69) is 10.6 Å². The van der Waals surface area contributed by atoms with Crippen molar-refractivity contribution in [2.45, 2.75) is 25.2 Å². The van der Waals surface area contributed by atoms with Crippen molar-refractivity contribution in [3.05, 3.63) is 57.1 Å². The number of carbonyl (C=O) groups excluding carboxylic acids is 2. The van der Waals surface area contributed by atoms with Gasteiger partial charge in [0.1, 0.15) is 6.04 Å². The molecule has 3 rings (SSSR count). The van der Waals surface area contributed by atoms with Gasteiger partial charge in [-0.15, -0.1) is 0 Å². The normalized spacial score (nSPS) is 15.3. The van der Waals surface area contributed by atoms with Gasteiger partial charge in [-0.1, -0.05) is 29.3 Å². The van der Waals surface area contributed by atoms with E-state index in [1.807, 2.05) is 0 Å². The quantitative estimate of drug-likeness (QED) is 0.312. The molecule has 2 amide bonds. The topological polar surface area (TPSA) is 111 Å². The lowest BCUT2D eigenvalue weighted by Gasteiger charge is -2.37. The Hall–Kier alpha value is -2.71. The molecule has 2 aromatic rings. The predicted molar refractivity (Wildman–Crippen MR) is 137 cm³/mol. The first-order chi connectivity index (χ1) is 18.3. The second-order valence-corrected chi connectivity index (χ2v) is 9.66. The zero-order chi connectivity index (χ0) is 28.9. The molecule has 0 aromatic heterocycles. The van der Waals surface area contributed by atoms with Crippen LogP contribution in [0.3, 0.4) is 0 Å². The molecule has 0 bridgehead atoms. The number of alkyl halides is 3. The molecular weight excluding hydrogens is 572 g/mol. The van der Waals surface area contributed by atoms with Gasteiger partial charge in [-0.05, 0) is 18.2 Å². The standard InChI is InChI=1S/C24H26Cl2F5N5O3/c25-15-9-17(19(10-16(15)26)36-7-5-35(6-8-36)4-3-24(29,30)31)34-23(39)14-2-1-13(20(27)21(14)28)11-33-18(12-37)22(32)38/h1-2,9-10,18,33,37H,3-8,11-12H2,(H2,32,38)(H,34,39). The van der Waals surface area contributed by atoms with Gasteiger partial charge in [0.2, 0.25) is 5.91 Å². The molecule has 5 N–H and O–H groups in total. The highest BCUT2D eigenvalue weighted by Gasteiger charge is 2.29. The molecule has 1 heterocycles. The summed E-state index contributed by atoms with van der Waals surface area (Å²) in [6, 6.07) is 3.85. The van der Waals surface area contributed by atoms with Crippen LogP contribution in [-0.2, 0) is 11.3 Å². The fourth-order valence-electron chi connectivity index (χ4n) is 3.97. The lowest BCUT2D eigenvalue weighted by molar-refractivity contribution is -0.138. The van der Waals surface area contributed by atoms with Crippen molar-refractivity contribution in [3.8, 4) is 0 Å². The Kier molecular flexibility index (Phi) is 10.4. The summed E-state index contributed by atoms with van der Waals surface area (Å²) in [5.74, 6) is -4.64. The third kappa shape index (κ3) is 8.15. The van der Waals surface area contributed by atoms with Crippen LogP contribution in [0.5, 0.6) is 0 Å². The highest BCUT2D eigenvalue weighted by molar-refractivity contribution is 6.42. The maximum absolute atomic E-state index is 14.8. The largest absolute Gasteiger partial charge is 0.394 e. The summed E-state index contributed by atoms with van der Waals surface area (Å²) in [7, 11) is 0. The minimum absolute atomic E-state index is 0.0838. The number of anilines is 2. The van der Waals surface area contributed by atoms with Crippen molar-refractivity contribution < 1.29 is 36.6 Å². The highest BCUT2D eigenvalue weighted by atomic mass is 35.5. The summed E-state index contributed by atoms with van der Waals surface area (Å²) in [6.07, 6.45) is -5.18. The van der Waals surface area contributed by atoms with Gasteiger partial charge in [0.05, 0.1) is 40.0 Å². The Morgan fingerprint density at radius 3 is 2.28 bits per heavy atom. The van der Waals surface area contributed by atoms with Crippen LogP contribution in [0.15, 0.2) is 24.3 Å². The van der Waals surface area contributed by atoms with E-state index < -0.39 is 54.3 Å². The van der Waals surface area contributed by atoms with Gasteiger partial charge in [0.25, 0.3) is 5.91 Å². The Balaban J connectivity index is 1.75. The van der Waals surface area contributed by atoms with Gasteiger partial charge >= 0.3 is 6.18 Å². The lowest BCUT2D eigenvalue weighted by Crippen LogP contribution is -2.47. The average molecular weight is 598 g/mol. The molecule has 0 spiro atoms. The molecule has 0 aliphatic carbocycles. The van der Waals surface area contributed by atoms with Crippen LogP contribution in [0, 0.1) is 11.6 Å². The van der Waals surface area contributed by atoms with Gasteiger partial charge in [0.15, 0.2) is 11.6 Å². The smallest absolute Gasteiger partial charge is 0.390 e. The molecule has 1 unspecified atom stereocenters. The van der Waals surface area contributed by atoms with Gasteiger partial charge in [0, 0.05) is 44.8 Å². The van der Waals surface area contributed by atoms with Crippen LogP contribution in [0.1, 0.15) is 22.3 Å². The van der Waals surface area contributed by atoms with Gasteiger partial charge in [-0.2, -0.15) is 13.2 Å². The number of primary amides is 1. The van der Waals surface area contributed by atoms with Gasteiger partial charge in [-0.25, -0.2) is 8.78 Å². The number of aliphatic hydroxyl groups is 1. The maximum atomic E-state index is 14.8. The molecule has 1 saturated heterocycles. The van der Waals surface area contributed by atoms with Crippen LogP contribution in [0.4, 0.5) is 33.3 Å². The van der Waals surface area contributed by atoms with Crippen molar-refractivity contribution in [2.75, 3.05) is 49.5 Å². The molecule has 2 aromatic carbocycles. The minimum atomic E-state index is -4.26. The van der Waals surface area contributed by atoms with Crippen LogP contribution in [-0.4, -0.2) is 73.4 Å². The minimum Gasteiger partial charge on any atom is -0.394 e. The van der Waals surface area contributed by atoms with Crippen LogP contribution < -0.4 is 21.3 Å². The zero-order valence-electron chi connectivity index (χ0n) is 20.4. The molecule has 1 fully saturated rings. The summed E-state index contributed by atoms with van der Waals surface area (Å²) in [4.78, 5) is 27.6. The second kappa shape index (κ2) is 13.1. The number of nitrogens with zero attached hydrogens (tertiary/aromatic N) is 2. The number of amides is 2. The number of nitrogens with one attached hydrogen (secondary N) is 2. The number of rotatable bonds is 10. The first-order valence-electron chi connectivity index (χ1n) is 11.8. The molecule has 1 aliphatic rings. The molecule has 0 radical (unpaired) electrons. The van der Waals surface area contributed by atoms with Gasteiger partial charge < -0.3 is 21.1 Å². The average Bonchev–Trinajstić information content (AvgIpc) is 2.87. The Morgan fingerprint density at radius 2 is 1.69 bits per heavy atom. The summed E-state index contributed by atoms with van der Waals surface area (Å²) in [5, 5.41) is 14.4. The van der Waals surface area contributed by atoms with Crippen molar-refractivity contribution in [3.63, 3.8) is 0 Å². The summed E-state index contributed by atoms with van der Waals surface area (Å²) in [5.41, 5.74) is 4.84. The van der Waals surface area contributed by atoms with E-state index in [0.717, 1.165) is 12.1 Å². The Labute approximate surface area is 230 Å². The fraction of sp³-hybridized carbons (Fsp3) is 0.417. The molecule has 1 aliphatic heterocycles. The Morgan fingerprint density at radius 1 is 1.05 bits per heavy atom. The maximum Gasteiger partial charge on any atom is 0.390 e. The summed E-state index contributed by atoms with van der Waals surface area (Å²) in [6.45, 7) is 0.173. The third-order valence-corrected chi connectivity index (χ3v) is 6.91. The molecular formula is C24H26Cl2F5N5O3. The molecule has 1 atom stereocenters.